The number of anilines is 1. The van der Waals surface area contributed by atoms with Crippen LogP contribution < -0.4 is 5.73 Å². The fourth-order valence-electron chi connectivity index (χ4n) is 3.07. The molecule has 5 heteroatoms. The summed E-state index contributed by atoms with van der Waals surface area (Å²) < 4.78 is 2.12. The van der Waals surface area contributed by atoms with E-state index in [0.29, 0.717) is 18.3 Å². The summed E-state index contributed by atoms with van der Waals surface area (Å²) in [4.78, 5) is 9.27. The maximum atomic E-state index is 10.4. The fraction of sp³-hybridized carbons (Fsp3) is 0.474. The second kappa shape index (κ2) is 6.06. The first-order valence-electron chi connectivity index (χ1n) is 8.52. The fourth-order valence-corrected chi connectivity index (χ4v) is 3.07. The standard InChI is InChI=1S/C19H26N4O/c1-12(2)9-10-15-22-16-17(23(15)11-19(3,4)24)13-7-5-6-8-14(13)21-18(16)20/h5-8,12,24H,9-11H2,1-4H3,(H2,20,21). The molecule has 0 fully saturated rings. The number of rotatable bonds is 5. The molecule has 5 nitrogen and oxygen atoms in total. The minimum atomic E-state index is -0.834. The highest BCUT2D eigenvalue weighted by atomic mass is 16.3. The molecule has 0 amide bonds. The molecule has 128 valence electrons. The number of pyridine rings is 1. The van der Waals surface area contributed by atoms with Gasteiger partial charge in [-0.1, -0.05) is 32.0 Å². The number of hydrogen-bond acceptors (Lipinski definition) is 4. The Labute approximate surface area is 142 Å². The summed E-state index contributed by atoms with van der Waals surface area (Å²) in [5.74, 6) is 2.00. The maximum Gasteiger partial charge on any atom is 0.152 e. The van der Waals surface area contributed by atoms with Crippen molar-refractivity contribution < 1.29 is 5.11 Å². The van der Waals surface area contributed by atoms with Crippen LogP contribution in [-0.2, 0) is 13.0 Å². The molecule has 3 aromatic rings. The molecule has 2 heterocycles. The van der Waals surface area contributed by atoms with E-state index in [0.717, 1.165) is 40.6 Å². The number of aromatic nitrogens is 3. The Morgan fingerprint density at radius 3 is 2.58 bits per heavy atom. The number of hydrogen-bond donors (Lipinski definition) is 2. The summed E-state index contributed by atoms with van der Waals surface area (Å²) in [5, 5.41) is 11.4. The van der Waals surface area contributed by atoms with Crippen LogP contribution in [0.25, 0.3) is 21.9 Å². The largest absolute Gasteiger partial charge is 0.389 e. The zero-order valence-corrected chi connectivity index (χ0v) is 14.9. The van der Waals surface area contributed by atoms with Gasteiger partial charge in [0.1, 0.15) is 11.3 Å². The Morgan fingerprint density at radius 1 is 1.21 bits per heavy atom. The molecule has 3 rings (SSSR count). The normalized spacial score (nSPS) is 12.6. The van der Waals surface area contributed by atoms with Crippen molar-refractivity contribution in [2.24, 2.45) is 5.92 Å². The van der Waals surface area contributed by atoms with Gasteiger partial charge >= 0.3 is 0 Å². The van der Waals surface area contributed by atoms with Crippen LogP contribution in [0.3, 0.4) is 0 Å². The SMILES string of the molecule is CC(C)CCc1nc2c(N)nc3ccccc3c2n1CC(C)(C)O. The quantitative estimate of drug-likeness (QED) is 0.752. The van der Waals surface area contributed by atoms with Crippen LogP contribution >= 0.6 is 0 Å². The number of nitrogen functional groups attached to an aromatic ring is 1. The molecule has 0 spiro atoms. The van der Waals surface area contributed by atoms with Gasteiger partial charge in [-0.3, -0.25) is 0 Å². The van der Waals surface area contributed by atoms with Crippen molar-refractivity contribution in [2.45, 2.75) is 52.7 Å². The van der Waals surface area contributed by atoms with Gasteiger partial charge in [0.15, 0.2) is 5.82 Å². The summed E-state index contributed by atoms with van der Waals surface area (Å²) in [6.07, 6.45) is 1.90. The average Bonchev–Trinajstić information content (AvgIpc) is 2.83. The predicted molar refractivity (Wildman–Crippen MR) is 98.9 cm³/mol. The zero-order chi connectivity index (χ0) is 17.5. The number of imidazole rings is 1. The van der Waals surface area contributed by atoms with Crippen molar-refractivity contribution in [1.29, 1.82) is 0 Å². The predicted octanol–water partition coefficient (Wildman–Crippen LogP) is 3.53. The van der Waals surface area contributed by atoms with Crippen LogP contribution in [-0.4, -0.2) is 25.2 Å². The molecule has 0 saturated heterocycles. The third-order valence-corrected chi connectivity index (χ3v) is 4.18. The lowest BCUT2D eigenvalue weighted by Crippen LogP contribution is -2.27. The average molecular weight is 326 g/mol. The highest BCUT2D eigenvalue weighted by Gasteiger charge is 2.22. The number of aryl methyl sites for hydroxylation is 1. The summed E-state index contributed by atoms with van der Waals surface area (Å²) in [7, 11) is 0. The Morgan fingerprint density at radius 2 is 1.92 bits per heavy atom. The first kappa shape index (κ1) is 16.7. The van der Waals surface area contributed by atoms with Gasteiger partial charge in [0.25, 0.3) is 0 Å². The molecule has 0 unspecified atom stereocenters. The molecule has 0 aliphatic rings. The molecule has 0 aliphatic carbocycles. The molecule has 0 atom stereocenters. The van der Waals surface area contributed by atoms with Gasteiger partial charge in [0.05, 0.1) is 23.2 Å². The summed E-state index contributed by atoms with van der Waals surface area (Å²) in [5.41, 5.74) is 7.90. The Bertz CT molecular complexity index is 874. The molecule has 24 heavy (non-hydrogen) atoms. The lowest BCUT2D eigenvalue weighted by atomic mass is 10.1. The molecule has 2 aromatic heterocycles. The molecule has 0 saturated carbocycles. The molecular weight excluding hydrogens is 300 g/mol. The number of nitrogens with two attached hydrogens (primary N) is 1. The number of para-hydroxylation sites is 1. The second-order valence-electron chi connectivity index (χ2n) is 7.57. The third kappa shape index (κ3) is 3.22. The van der Waals surface area contributed by atoms with Crippen LogP contribution in [0.5, 0.6) is 0 Å². The van der Waals surface area contributed by atoms with E-state index in [-0.39, 0.29) is 0 Å². The molecule has 0 radical (unpaired) electrons. The lowest BCUT2D eigenvalue weighted by Gasteiger charge is -2.21. The van der Waals surface area contributed by atoms with E-state index >= 15 is 0 Å². The molecular formula is C19H26N4O. The van der Waals surface area contributed by atoms with Crippen molar-refractivity contribution in [2.75, 3.05) is 5.73 Å². The number of fused-ring (bicyclic) bond motifs is 3. The molecule has 1 aromatic carbocycles. The van der Waals surface area contributed by atoms with Crippen molar-refractivity contribution in [3.05, 3.63) is 30.1 Å². The number of aliphatic hydroxyl groups is 1. The Kier molecular flexibility index (Phi) is 4.22. The Balaban J connectivity index is 2.28. The van der Waals surface area contributed by atoms with Crippen LogP contribution in [0.15, 0.2) is 24.3 Å². The van der Waals surface area contributed by atoms with Gasteiger partial charge in [-0.05, 0) is 32.3 Å². The highest BCUT2D eigenvalue weighted by molar-refractivity contribution is 6.06. The minimum absolute atomic E-state index is 0.448. The van der Waals surface area contributed by atoms with E-state index in [1.807, 2.05) is 38.1 Å². The molecule has 0 aliphatic heterocycles. The summed E-state index contributed by atoms with van der Waals surface area (Å²) in [6.45, 7) is 8.52. The van der Waals surface area contributed by atoms with E-state index < -0.39 is 5.60 Å². The monoisotopic (exact) mass is 326 g/mol. The van der Waals surface area contributed by atoms with Crippen LogP contribution in [0.2, 0.25) is 0 Å². The van der Waals surface area contributed by atoms with Gasteiger partial charge in [-0.25, -0.2) is 9.97 Å². The van der Waals surface area contributed by atoms with Crippen molar-refractivity contribution in [3.63, 3.8) is 0 Å². The third-order valence-electron chi connectivity index (χ3n) is 4.18. The topological polar surface area (TPSA) is 77.0 Å². The van der Waals surface area contributed by atoms with Gasteiger partial charge in [0, 0.05) is 11.8 Å². The van der Waals surface area contributed by atoms with Gasteiger partial charge in [-0.15, -0.1) is 0 Å². The van der Waals surface area contributed by atoms with Crippen molar-refractivity contribution in [1.82, 2.24) is 14.5 Å². The number of nitrogens with zero attached hydrogens (tertiary/aromatic N) is 3. The smallest absolute Gasteiger partial charge is 0.152 e. The lowest BCUT2D eigenvalue weighted by molar-refractivity contribution is 0.0618. The van der Waals surface area contributed by atoms with Crippen molar-refractivity contribution in [3.8, 4) is 0 Å². The van der Waals surface area contributed by atoms with E-state index in [1.54, 1.807) is 0 Å². The van der Waals surface area contributed by atoms with Crippen LogP contribution in [0.1, 0.15) is 39.9 Å². The van der Waals surface area contributed by atoms with Crippen molar-refractivity contribution >= 4 is 27.8 Å². The van der Waals surface area contributed by atoms with Gasteiger partial charge in [-0.2, -0.15) is 0 Å². The van der Waals surface area contributed by atoms with E-state index in [2.05, 4.69) is 23.4 Å². The Hall–Kier alpha value is -2.14. The second-order valence-corrected chi connectivity index (χ2v) is 7.57. The first-order valence-corrected chi connectivity index (χ1v) is 8.52. The van der Waals surface area contributed by atoms with Gasteiger partial charge in [0.2, 0.25) is 0 Å². The summed E-state index contributed by atoms with van der Waals surface area (Å²) >= 11 is 0. The zero-order valence-electron chi connectivity index (χ0n) is 14.9. The molecule has 3 N–H and O–H groups in total. The van der Waals surface area contributed by atoms with Crippen LogP contribution in [0.4, 0.5) is 5.82 Å². The van der Waals surface area contributed by atoms with Crippen LogP contribution in [0, 0.1) is 5.92 Å². The van der Waals surface area contributed by atoms with E-state index in [9.17, 15) is 5.11 Å². The molecule has 0 bridgehead atoms. The van der Waals surface area contributed by atoms with E-state index in [4.69, 9.17) is 10.7 Å². The van der Waals surface area contributed by atoms with E-state index in [1.165, 1.54) is 0 Å². The first-order chi connectivity index (χ1) is 11.3. The summed E-state index contributed by atoms with van der Waals surface area (Å²) in [6, 6.07) is 7.95. The number of benzene rings is 1. The van der Waals surface area contributed by atoms with Gasteiger partial charge < -0.3 is 15.4 Å². The minimum Gasteiger partial charge on any atom is -0.389 e. The highest BCUT2D eigenvalue weighted by Crippen LogP contribution is 2.30. The maximum absolute atomic E-state index is 10.4.